The molecule has 0 fully saturated rings. The summed E-state index contributed by atoms with van der Waals surface area (Å²) in [5, 5.41) is 12.0. The predicted octanol–water partition coefficient (Wildman–Crippen LogP) is 2.90. The molecule has 2 rings (SSSR count). The second-order valence-corrected chi connectivity index (χ2v) is 6.06. The largest absolute Gasteiger partial charge is 0.480 e. The van der Waals surface area contributed by atoms with Crippen LogP contribution in [0.4, 0.5) is 5.13 Å². The maximum atomic E-state index is 11.4. The number of carboxylic acid groups (broad SMARTS) is 1. The van der Waals surface area contributed by atoms with E-state index in [9.17, 15) is 9.90 Å². The van der Waals surface area contributed by atoms with Crippen molar-refractivity contribution < 1.29 is 14.6 Å². The van der Waals surface area contributed by atoms with Crippen molar-refractivity contribution in [1.82, 2.24) is 4.98 Å². The Hall–Kier alpha value is -1.86. The number of rotatable bonds is 5. The van der Waals surface area contributed by atoms with Gasteiger partial charge in [-0.1, -0.05) is 17.4 Å². The fourth-order valence-electron chi connectivity index (χ4n) is 1.54. The molecule has 0 saturated carbocycles. The number of aromatic nitrogens is 1. The van der Waals surface area contributed by atoms with Crippen molar-refractivity contribution in [3.05, 3.63) is 27.3 Å². The number of aliphatic carboxylic acids is 1. The van der Waals surface area contributed by atoms with E-state index < -0.39 is 5.97 Å². The maximum absolute atomic E-state index is 11.4. The lowest BCUT2D eigenvalue weighted by Gasteiger charge is -2.04. The van der Waals surface area contributed by atoms with Gasteiger partial charge < -0.3 is 14.7 Å². The molecule has 0 atom stereocenters. The molecule has 0 aliphatic carbocycles. The van der Waals surface area contributed by atoms with Gasteiger partial charge in [-0.25, -0.2) is 4.79 Å². The monoisotopic (exact) mass is 310 g/mol. The SMILES string of the molecule is COc1nc(N(C)C)sc1/C=C(\C(=O)O)c1cccs1. The van der Waals surface area contributed by atoms with Crippen molar-refractivity contribution >= 4 is 45.4 Å². The smallest absolute Gasteiger partial charge is 0.337 e. The molecular formula is C13H14N2O3S2. The second-order valence-electron chi connectivity index (χ2n) is 4.10. The van der Waals surface area contributed by atoms with E-state index in [1.165, 1.54) is 29.8 Å². The van der Waals surface area contributed by atoms with Gasteiger partial charge in [0.1, 0.15) is 0 Å². The zero-order chi connectivity index (χ0) is 14.7. The van der Waals surface area contributed by atoms with Crippen molar-refractivity contribution in [2.45, 2.75) is 0 Å². The lowest BCUT2D eigenvalue weighted by molar-refractivity contribution is -0.130. The van der Waals surface area contributed by atoms with E-state index in [2.05, 4.69) is 4.98 Å². The highest BCUT2D eigenvalue weighted by Gasteiger charge is 2.16. The number of thiazole rings is 1. The van der Waals surface area contributed by atoms with E-state index >= 15 is 0 Å². The highest BCUT2D eigenvalue weighted by atomic mass is 32.1. The van der Waals surface area contributed by atoms with Crippen LogP contribution in [0.15, 0.2) is 17.5 Å². The first-order valence-corrected chi connectivity index (χ1v) is 7.43. The molecule has 0 bridgehead atoms. The lowest BCUT2D eigenvalue weighted by atomic mass is 10.2. The molecule has 0 saturated heterocycles. The van der Waals surface area contributed by atoms with Gasteiger partial charge in [-0.05, 0) is 17.5 Å². The van der Waals surface area contributed by atoms with Crippen LogP contribution in [0.5, 0.6) is 5.88 Å². The Morgan fingerprint density at radius 3 is 2.75 bits per heavy atom. The third kappa shape index (κ3) is 3.00. The Bertz CT molecular complexity index is 630. The molecular weight excluding hydrogens is 296 g/mol. The molecule has 106 valence electrons. The summed E-state index contributed by atoms with van der Waals surface area (Å²) < 4.78 is 5.21. The quantitative estimate of drug-likeness (QED) is 0.860. The molecule has 7 heteroatoms. The standard InChI is InChI=1S/C13H14N2O3S2/c1-15(2)13-14-11(18-3)10(20-13)7-8(12(16)17)9-5-4-6-19-9/h4-7H,1-3H3,(H,16,17)/b8-7-. The Kier molecular flexibility index (Phi) is 4.41. The first kappa shape index (κ1) is 14.5. The van der Waals surface area contributed by atoms with Crippen molar-refractivity contribution in [1.29, 1.82) is 0 Å². The number of nitrogens with zero attached hydrogens (tertiary/aromatic N) is 2. The van der Waals surface area contributed by atoms with Crippen LogP contribution in [0.1, 0.15) is 9.75 Å². The number of hydrogen-bond donors (Lipinski definition) is 1. The normalized spacial score (nSPS) is 11.4. The van der Waals surface area contributed by atoms with E-state index in [0.717, 1.165) is 5.13 Å². The van der Waals surface area contributed by atoms with Crippen LogP contribution in [0.2, 0.25) is 0 Å². The Labute approximate surface area is 124 Å². The summed E-state index contributed by atoms with van der Waals surface area (Å²) in [6, 6.07) is 3.61. The molecule has 0 unspecified atom stereocenters. The number of thiophene rings is 1. The third-order valence-corrected chi connectivity index (χ3v) is 4.53. The number of carboxylic acids is 1. The minimum Gasteiger partial charge on any atom is -0.480 e. The average molecular weight is 310 g/mol. The van der Waals surface area contributed by atoms with Crippen molar-refractivity contribution in [3.63, 3.8) is 0 Å². The van der Waals surface area contributed by atoms with Crippen LogP contribution in [0, 0.1) is 0 Å². The summed E-state index contributed by atoms with van der Waals surface area (Å²) in [5.41, 5.74) is 0.243. The summed E-state index contributed by atoms with van der Waals surface area (Å²) >= 11 is 2.78. The summed E-state index contributed by atoms with van der Waals surface area (Å²) in [6.45, 7) is 0. The lowest BCUT2D eigenvalue weighted by Crippen LogP contribution is -2.07. The zero-order valence-corrected chi connectivity index (χ0v) is 12.9. The van der Waals surface area contributed by atoms with Crippen LogP contribution >= 0.6 is 22.7 Å². The van der Waals surface area contributed by atoms with Crippen LogP contribution in [0.25, 0.3) is 11.6 Å². The fraction of sp³-hybridized carbons (Fsp3) is 0.231. The highest BCUT2D eigenvalue weighted by Crippen LogP contribution is 2.34. The van der Waals surface area contributed by atoms with E-state index in [-0.39, 0.29) is 5.57 Å². The molecule has 2 aromatic heterocycles. The van der Waals surface area contributed by atoms with E-state index in [1.807, 2.05) is 30.4 Å². The molecule has 0 amide bonds. The Balaban J connectivity index is 2.48. The van der Waals surface area contributed by atoms with Gasteiger partial charge in [0, 0.05) is 19.0 Å². The molecule has 0 aliphatic heterocycles. The molecule has 1 N–H and O–H groups in total. The minimum absolute atomic E-state index is 0.243. The van der Waals surface area contributed by atoms with Gasteiger partial charge >= 0.3 is 5.97 Å². The topological polar surface area (TPSA) is 62.7 Å². The van der Waals surface area contributed by atoms with Gasteiger partial charge in [0.05, 0.1) is 17.6 Å². The molecule has 2 aromatic rings. The minimum atomic E-state index is -0.964. The maximum Gasteiger partial charge on any atom is 0.337 e. The van der Waals surface area contributed by atoms with Gasteiger partial charge in [-0.15, -0.1) is 11.3 Å². The first-order valence-electron chi connectivity index (χ1n) is 5.74. The summed E-state index contributed by atoms with van der Waals surface area (Å²) in [7, 11) is 5.28. The average Bonchev–Trinajstić information content (AvgIpc) is 3.04. The van der Waals surface area contributed by atoms with Crippen molar-refractivity contribution in [2.75, 3.05) is 26.1 Å². The van der Waals surface area contributed by atoms with E-state index in [1.54, 1.807) is 12.1 Å². The Morgan fingerprint density at radius 2 is 2.25 bits per heavy atom. The van der Waals surface area contributed by atoms with Gasteiger partial charge in [0.2, 0.25) is 5.88 Å². The molecule has 2 heterocycles. The summed E-state index contributed by atoms with van der Waals surface area (Å²) in [5.74, 6) is -0.525. The van der Waals surface area contributed by atoms with E-state index in [4.69, 9.17) is 4.74 Å². The first-order chi connectivity index (χ1) is 9.52. The molecule has 0 aliphatic rings. The van der Waals surface area contributed by atoms with Gasteiger partial charge in [-0.2, -0.15) is 4.98 Å². The molecule has 0 aromatic carbocycles. The molecule has 0 radical (unpaired) electrons. The van der Waals surface area contributed by atoms with E-state index in [0.29, 0.717) is 15.6 Å². The summed E-state index contributed by atoms with van der Waals surface area (Å²) in [6.07, 6.45) is 1.61. The van der Waals surface area contributed by atoms with Crippen LogP contribution in [-0.2, 0) is 4.79 Å². The van der Waals surface area contributed by atoms with Crippen molar-refractivity contribution in [3.8, 4) is 5.88 Å². The fourth-order valence-corrected chi connectivity index (χ4v) is 3.17. The van der Waals surface area contributed by atoms with Gasteiger partial charge in [-0.3, -0.25) is 0 Å². The zero-order valence-electron chi connectivity index (χ0n) is 11.3. The number of carbonyl (C=O) groups is 1. The molecule has 0 spiro atoms. The predicted molar refractivity (Wildman–Crippen MR) is 82.8 cm³/mol. The van der Waals surface area contributed by atoms with Crippen LogP contribution in [0.3, 0.4) is 0 Å². The number of methoxy groups -OCH3 is 1. The van der Waals surface area contributed by atoms with Gasteiger partial charge in [0.25, 0.3) is 0 Å². The van der Waals surface area contributed by atoms with Crippen LogP contribution in [-0.4, -0.2) is 37.3 Å². The van der Waals surface area contributed by atoms with Crippen LogP contribution < -0.4 is 9.64 Å². The molecule has 20 heavy (non-hydrogen) atoms. The number of hydrogen-bond acceptors (Lipinski definition) is 6. The Morgan fingerprint density at radius 1 is 1.50 bits per heavy atom. The number of anilines is 1. The summed E-state index contributed by atoms with van der Waals surface area (Å²) in [4.78, 5) is 19.0. The third-order valence-electron chi connectivity index (χ3n) is 2.48. The highest BCUT2D eigenvalue weighted by molar-refractivity contribution is 7.17. The van der Waals surface area contributed by atoms with Crippen molar-refractivity contribution in [2.24, 2.45) is 0 Å². The second kappa shape index (κ2) is 6.06. The molecule has 5 nitrogen and oxygen atoms in total. The van der Waals surface area contributed by atoms with Gasteiger partial charge in [0.15, 0.2) is 5.13 Å². The number of ether oxygens (including phenoxy) is 1.